The van der Waals surface area contributed by atoms with E-state index in [9.17, 15) is 0 Å². The highest BCUT2D eigenvalue weighted by molar-refractivity contribution is 5.64. The molecule has 0 atom stereocenters. The van der Waals surface area contributed by atoms with Crippen molar-refractivity contribution >= 4 is 0 Å². The molecule has 0 aliphatic heterocycles. The minimum Gasteiger partial charge on any atom is -0.255 e. The van der Waals surface area contributed by atoms with Gasteiger partial charge in [-0.15, -0.1) is 0 Å². The Morgan fingerprint density at radius 3 is 1.25 bits per heavy atom. The van der Waals surface area contributed by atoms with Crippen LogP contribution in [0.2, 0.25) is 0 Å². The summed E-state index contributed by atoms with van der Waals surface area (Å²) in [7, 11) is 0. The van der Waals surface area contributed by atoms with Crippen molar-refractivity contribution in [1.82, 2.24) is 15.0 Å². The first-order valence-electron chi connectivity index (χ1n) is 14.6. The molecule has 0 saturated heterocycles. The molecular formula is C33H47N3. The molecule has 0 aromatic carbocycles. The lowest BCUT2D eigenvalue weighted by Gasteiger charge is -2.11. The average Bonchev–Trinajstić information content (AvgIpc) is 2.92. The second kappa shape index (κ2) is 16.2. The molecule has 194 valence electrons. The van der Waals surface area contributed by atoms with Gasteiger partial charge in [-0.2, -0.15) is 0 Å². The molecule has 3 nitrogen and oxygen atoms in total. The number of aromatic nitrogens is 3. The molecule has 0 unspecified atom stereocenters. The van der Waals surface area contributed by atoms with Crippen LogP contribution in [-0.4, -0.2) is 15.0 Å². The van der Waals surface area contributed by atoms with E-state index < -0.39 is 0 Å². The van der Waals surface area contributed by atoms with Gasteiger partial charge in [-0.05, 0) is 91.6 Å². The van der Waals surface area contributed by atoms with Crippen LogP contribution >= 0.6 is 0 Å². The van der Waals surface area contributed by atoms with E-state index in [0.717, 1.165) is 42.0 Å². The largest absolute Gasteiger partial charge is 0.255 e. The zero-order chi connectivity index (χ0) is 25.4. The number of hydrogen-bond acceptors (Lipinski definition) is 3. The van der Waals surface area contributed by atoms with Gasteiger partial charge in [0, 0.05) is 12.4 Å². The number of nitrogens with zero attached hydrogens (tertiary/aromatic N) is 3. The van der Waals surface area contributed by atoms with Crippen molar-refractivity contribution < 1.29 is 0 Å². The lowest BCUT2D eigenvalue weighted by Crippen LogP contribution is -1.98. The van der Waals surface area contributed by atoms with Gasteiger partial charge in [0.15, 0.2) is 0 Å². The molecule has 36 heavy (non-hydrogen) atoms. The lowest BCUT2D eigenvalue weighted by atomic mass is 10.0. The first kappa shape index (κ1) is 28.0. The molecule has 3 rings (SSSR count). The summed E-state index contributed by atoms with van der Waals surface area (Å²) in [4.78, 5) is 14.6. The van der Waals surface area contributed by atoms with Crippen LogP contribution in [0.3, 0.4) is 0 Å². The second-order valence-corrected chi connectivity index (χ2v) is 10.3. The van der Waals surface area contributed by atoms with Crippen molar-refractivity contribution in [3.63, 3.8) is 0 Å². The van der Waals surface area contributed by atoms with Crippen LogP contribution < -0.4 is 0 Å². The Bertz CT molecular complexity index is 953. The molecule has 0 N–H and O–H groups in total. The molecule has 0 aliphatic carbocycles. The fourth-order valence-electron chi connectivity index (χ4n) is 4.80. The quantitative estimate of drug-likeness (QED) is 0.179. The van der Waals surface area contributed by atoms with E-state index in [2.05, 4.69) is 57.2 Å². The number of pyridine rings is 3. The zero-order valence-corrected chi connectivity index (χ0v) is 23.1. The van der Waals surface area contributed by atoms with E-state index in [0.29, 0.717) is 0 Å². The van der Waals surface area contributed by atoms with Gasteiger partial charge in [0.2, 0.25) is 0 Å². The van der Waals surface area contributed by atoms with Gasteiger partial charge in [0.05, 0.1) is 22.8 Å². The Morgan fingerprint density at radius 2 is 0.833 bits per heavy atom. The fourth-order valence-corrected chi connectivity index (χ4v) is 4.80. The van der Waals surface area contributed by atoms with E-state index in [4.69, 9.17) is 15.0 Å². The first-order valence-corrected chi connectivity index (χ1v) is 14.6. The van der Waals surface area contributed by atoms with Crippen LogP contribution in [0.4, 0.5) is 0 Å². The van der Waals surface area contributed by atoms with Crippen molar-refractivity contribution in [1.29, 1.82) is 0 Å². The third-order valence-corrected chi connectivity index (χ3v) is 7.02. The normalized spacial score (nSPS) is 11.2. The van der Waals surface area contributed by atoms with Crippen molar-refractivity contribution in [3.8, 4) is 22.8 Å². The third kappa shape index (κ3) is 9.48. The smallest absolute Gasteiger partial charge is 0.0897 e. The van der Waals surface area contributed by atoms with Gasteiger partial charge in [0.1, 0.15) is 0 Å². The number of rotatable bonds is 17. The Kier molecular flexibility index (Phi) is 12.6. The highest BCUT2D eigenvalue weighted by atomic mass is 14.8. The van der Waals surface area contributed by atoms with Crippen LogP contribution in [0.15, 0.2) is 48.8 Å². The summed E-state index contributed by atoms with van der Waals surface area (Å²) in [6.45, 7) is 6.80. The van der Waals surface area contributed by atoms with Crippen LogP contribution in [-0.2, 0) is 19.3 Å². The predicted molar refractivity (Wildman–Crippen MR) is 154 cm³/mol. The van der Waals surface area contributed by atoms with E-state index in [1.54, 1.807) is 0 Å². The summed E-state index contributed by atoms with van der Waals surface area (Å²) in [5.74, 6) is 0. The van der Waals surface area contributed by atoms with Gasteiger partial charge in [0.25, 0.3) is 0 Å². The Labute approximate surface area is 220 Å². The summed E-state index contributed by atoms with van der Waals surface area (Å²) >= 11 is 0. The standard InChI is InChI=1S/C33H47N3/c1-4-7-10-13-16-27-19-21-34-30(23-27)32-25-29(18-15-12-9-6-3)26-33(36-32)31-24-28(20-22-35-31)17-14-11-8-5-2/h19-26H,4-18H2,1-3H3. The summed E-state index contributed by atoms with van der Waals surface area (Å²) < 4.78 is 0. The number of aryl methyl sites for hydroxylation is 3. The molecular weight excluding hydrogens is 438 g/mol. The maximum Gasteiger partial charge on any atom is 0.0897 e. The molecule has 3 heteroatoms. The summed E-state index contributed by atoms with van der Waals surface area (Å²) in [5.41, 5.74) is 7.98. The highest BCUT2D eigenvalue weighted by Crippen LogP contribution is 2.26. The second-order valence-electron chi connectivity index (χ2n) is 10.3. The van der Waals surface area contributed by atoms with Gasteiger partial charge in [-0.3, -0.25) is 9.97 Å². The molecule has 0 bridgehead atoms. The van der Waals surface area contributed by atoms with Crippen molar-refractivity contribution in [3.05, 3.63) is 65.5 Å². The Morgan fingerprint density at radius 1 is 0.444 bits per heavy atom. The SMILES string of the molecule is CCCCCCc1ccnc(-c2cc(CCCCCC)cc(-c3cc(CCCCCC)ccn3)n2)c1. The van der Waals surface area contributed by atoms with Crippen LogP contribution in [0.5, 0.6) is 0 Å². The lowest BCUT2D eigenvalue weighted by molar-refractivity contribution is 0.666. The molecule has 0 saturated carbocycles. The number of unbranched alkanes of at least 4 members (excludes halogenated alkanes) is 9. The fraction of sp³-hybridized carbons (Fsp3) is 0.545. The molecule has 0 fully saturated rings. The first-order chi connectivity index (χ1) is 17.7. The molecule has 0 aliphatic rings. The highest BCUT2D eigenvalue weighted by Gasteiger charge is 2.11. The average molecular weight is 486 g/mol. The predicted octanol–water partition coefficient (Wildman–Crippen LogP) is 9.57. The Hall–Kier alpha value is -2.55. The molecule has 3 heterocycles. The van der Waals surface area contributed by atoms with E-state index >= 15 is 0 Å². The summed E-state index contributed by atoms with van der Waals surface area (Å²) in [6, 6.07) is 13.3. The molecule has 0 amide bonds. The number of hydrogen-bond donors (Lipinski definition) is 0. The van der Waals surface area contributed by atoms with E-state index in [1.165, 1.54) is 93.7 Å². The van der Waals surface area contributed by atoms with Gasteiger partial charge >= 0.3 is 0 Å². The van der Waals surface area contributed by atoms with Crippen molar-refractivity contribution in [2.75, 3.05) is 0 Å². The molecule has 0 radical (unpaired) electrons. The monoisotopic (exact) mass is 485 g/mol. The summed E-state index contributed by atoms with van der Waals surface area (Å²) in [6.07, 6.45) is 22.5. The molecule has 3 aromatic heterocycles. The zero-order valence-electron chi connectivity index (χ0n) is 23.1. The maximum atomic E-state index is 5.09. The molecule has 0 spiro atoms. The van der Waals surface area contributed by atoms with Gasteiger partial charge in [-0.25, -0.2) is 4.98 Å². The van der Waals surface area contributed by atoms with Gasteiger partial charge < -0.3 is 0 Å². The van der Waals surface area contributed by atoms with E-state index in [-0.39, 0.29) is 0 Å². The minimum absolute atomic E-state index is 0.976. The van der Waals surface area contributed by atoms with Crippen LogP contribution in [0.25, 0.3) is 22.8 Å². The minimum atomic E-state index is 0.976. The topological polar surface area (TPSA) is 38.7 Å². The van der Waals surface area contributed by atoms with Crippen LogP contribution in [0, 0.1) is 0 Å². The van der Waals surface area contributed by atoms with Crippen molar-refractivity contribution in [2.45, 2.75) is 117 Å². The van der Waals surface area contributed by atoms with Crippen LogP contribution in [0.1, 0.15) is 115 Å². The molecule has 3 aromatic rings. The summed E-state index contributed by atoms with van der Waals surface area (Å²) in [5, 5.41) is 0. The third-order valence-electron chi connectivity index (χ3n) is 7.02. The van der Waals surface area contributed by atoms with E-state index in [1.807, 2.05) is 12.4 Å². The maximum absolute atomic E-state index is 5.09. The van der Waals surface area contributed by atoms with Crippen molar-refractivity contribution in [2.24, 2.45) is 0 Å². The Balaban J connectivity index is 1.85. The van der Waals surface area contributed by atoms with Gasteiger partial charge in [-0.1, -0.05) is 78.6 Å².